The highest BCUT2D eigenvalue weighted by atomic mass is 31.2. The molecule has 0 radical (unpaired) electrons. The number of ether oxygens (including phenoxy) is 2. The molecule has 1 fully saturated rings. The Morgan fingerprint density at radius 2 is 1.29 bits per heavy atom. The molecule has 6 atom stereocenters. The molecule has 0 aromatic rings. The number of phosphoric ester groups is 1. The average Bonchev–Trinajstić information content (AvgIpc) is 3.35. The number of unbranched alkanes of at least 4 members (excludes halogenated alkanes) is 16. The second kappa shape index (κ2) is 29.8. The van der Waals surface area contributed by atoms with Gasteiger partial charge in [0, 0.05) is 18.8 Å². The van der Waals surface area contributed by atoms with E-state index in [0.29, 0.717) is 19.3 Å². The fourth-order valence-corrected chi connectivity index (χ4v) is 6.89. The zero-order chi connectivity index (χ0) is 37.7. The number of allylic oxidation sites excluding steroid dienone is 1. The summed E-state index contributed by atoms with van der Waals surface area (Å²) in [5, 5.41) is 31.2. The van der Waals surface area contributed by atoms with Crippen molar-refractivity contribution in [3.05, 3.63) is 24.3 Å². The van der Waals surface area contributed by atoms with Crippen LogP contribution in [0.2, 0.25) is 0 Å². The Morgan fingerprint density at radius 1 is 0.745 bits per heavy atom. The third kappa shape index (κ3) is 25.9. The smallest absolute Gasteiger partial charge is 0.462 e. The lowest BCUT2D eigenvalue weighted by Crippen LogP contribution is -2.29. The second-order valence-corrected chi connectivity index (χ2v) is 15.5. The van der Waals surface area contributed by atoms with E-state index < -0.39 is 57.4 Å². The Balaban J connectivity index is 2.35. The molecule has 298 valence electrons. The van der Waals surface area contributed by atoms with Gasteiger partial charge in [0.2, 0.25) is 0 Å². The number of carbonyl (C=O) groups excluding carboxylic acids is 2. The summed E-state index contributed by atoms with van der Waals surface area (Å²) >= 11 is 0. The summed E-state index contributed by atoms with van der Waals surface area (Å²) in [5.41, 5.74) is 0. The lowest BCUT2D eigenvalue weighted by atomic mass is 9.89. The number of aliphatic hydroxyl groups excluding tert-OH is 3. The Bertz CT molecular complexity index is 998. The summed E-state index contributed by atoms with van der Waals surface area (Å²) in [4.78, 5) is 43.0. The first kappa shape index (κ1) is 47.4. The Morgan fingerprint density at radius 3 is 1.86 bits per heavy atom. The monoisotopic (exact) mass is 746 g/mol. The van der Waals surface area contributed by atoms with Crippen molar-refractivity contribution in [1.29, 1.82) is 0 Å². The molecule has 0 aliphatic heterocycles. The number of carbonyl (C=O) groups is 2. The van der Waals surface area contributed by atoms with Crippen LogP contribution in [-0.2, 0) is 28.2 Å². The van der Waals surface area contributed by atoms with E-state index in [-0.39, 0.29) is 31.1 Å². The van der Waals surface area contributed by atoms with Crippen LogP contribution in [0, 0.1) is 11.8 Å². The second-order valence-electron chi connectivity index (χ2n) is 14.3. The van der Waals surface area contributed by atoms with Crippen molar-refractivity contribution in [2.45, 2.75) is 186 Å². The predicted octanol–water partition coefficient (Wildman–Crippen LogP) is 8.00. The molecule has 1 saturated carbocycles. The van der Waals surface area contributed by atoms with Gasteiger partial charge >= 0.3 is 19.8 Å². The molecule has 1 aliphatic carbocycles. The highest BCUT2D eigenvalue weighted by molar-refractivity contribution is 7.46. The Hall–Kier alpha value is -1.59. The van der Waals surface area contributed by atoms with Crippen molar-refractivity contribution < 1.29 is 53.3 Å². The molecule has 1 aliphatic rings. The molecule has 0 aromatic carbocycles. The van der Waals surface area contributed by atoms with Crippen LogP contribution >= 0.6 is 7.82 Å². The molecule has 12 heteroatoms. The molecule has 0 unspecified atom stereocenters. The van der Waals surface area contributed by atoms with Gasteiger partial charge in [-0.1, -0.05) is 147 Å². The number of hydrogen-bond donors (Lipinski definition) is 5. The minimum atomic E-state index is -4.84. The maximum absolute atomic E-state index is 12.5. The molecular formula is C39H71O11P. The molecule has 0 saturated heterocycles. The van der Waals surface area contributed by atoms with Gasteiger partial charge in [0.15, 0.2) is 6.10 Å². The normalized spacial score (nSPS) is 20.7. The number of hydrogen-bond acceptors (Lipinski definition) is 9. The standard InChI is InChI=1S/C39H71O11P/c1-3-5-7-8-9-10-11-12-13-14-15-16-17-18-20-25-38(43)48-30-33(31-49-51(45,46)47)50-39(44)26-22-21-24-34-35(37(42)29-36(34)41)28-27-32(40)23-19-6-4-2/h21-22,27-28,32-37,40-42H,3-20,23-26,29-31H2,1-2H3,(H2,45,46,47)/b22-21-,28-27+/t32-,33-,34+,35-,36+,37-/m1/s1. The van der Waals surface area contributed by atoms with Crippen LogP contribution in [0.3, 0.4) is 0 Å². The molecule has 11 nitrogen and oxygen atoms in total. The van der Waals surface area contributed by atoms with Crippen LogP contribution < -0.4 is 0 Å². The van der Waals surface area contributed by atoms with E-state index in [9.17, 15) is 29.5 Å². The molecule has 0 amide bonds. The Labute approximate surface area is 307 Å². The average molecular weight is 747 g/mol. The molecule has 0 bridgehead atoms. The van der Waals surface area contributed by atoms with Crippen LogP contribution in [0.4, 0.5) is 0 Å². The summed E-state index contributed by atoms with van der Waals surface area (Å²) in [6.45, 7) is 3.30. The van der Waals surface area contributed by atoms with E-state index in [2.05, 4.69) is 18.4 Å². The number of phosphoric acid groups is 1. The molecule has 1 rings (SSSR count). The topological polar surface area (TPSA) is 180 Å². The van der Waals surface area contributed by atoms with Crippen molar-refractivity contribution in [2.24, 2.45) is 11.8 Å². The first-order valence-electron chi connectivity index (χ1n) is 19.9. The van der Waals surface area contributed by atoms with Gasteiger partial charge in [0.25, 0.3) is 0 Å². The third-order valence-electron chi connectivity index (χ3n) is 9.58. The van der Waals surface area contributed by atoms with Gasteiger partial charge in [-0.05, 0) is 25.2 Å². The fraction of sp³-hybridized carbons (Fsp3) is 0.846. The van der Waals surface area contributed by atoms with Gasteiger partial charge in [0.1, 0.15) is 6.61 Å². The highest BCUT2D eigenvalue weighted by Crippen LogP contribution is 2.37. The van der Waals surface area contributed by atoms with E-state index in [1.165, 1.54) is 70.6 Å². The van der Waals surface area contributed by atoms with E-state index in [4.69, 9.17) is 19.3 Å². The van der Waals surface area contributed by atoms with Crippen molar-refractivity contribution in [1.82, 2.24) is 0 Å². The summed E-state index contributed by atoms with van der Waals surface area (Å²) in [6, 6.07) is 0. The lowest BCUT2D eigenvalue weighted by molar-refractivity contribution is -0.160. The van der Waals surface area contributed by atoms with Gasteiger partial charge in [-0.25, -0.2) is 4.57 Å². The molecule has 0 heterocycles. The predicted molar refractivity (Wildman–Crippen MR) is 200 cm³/mol. The summed E-state index contributed by atoms with van der Waals surface area (Å²) in [6.07, 6.45) is 26.0. The molecule has 51 heavy (non-hydrogen) atoms. The zero-order valence-corrected chi connectivity index (χ0v) is 32.5. The largest absolute Gasteiger partial charge is 0.469 e. The maximum atomic E-state index is 12.5. The van der Waals surface area contributed by atoms with Crippen molar-refractivity contribution in [2.75, 3.05) is 13.2 Å². The fourth-order valence-electron chi connectivity index (χ4n) is 6.52. The SMILES string of the molecule is CCCCCCCCCCCCCCCCCC(=O)OC[C@H](COP(=O)(O)O)OC(=O)C/C=C\C[C@H]1[C@@H](/C=C/[C@H](O)CCCCC)[C@H](O)C[C@@H]1O. The Kier molecular flexibility index (Phi) is 27.7. The third-order valence-corrected chi connectivity index (χ3v) is 10.1. The van der Waals surface area contributed by atoms with Gasteiger partial charge in [0.05, 0.1) is 31.3 Å². The van der Waals surface area contributed by atoms with Gasteiger partial charge in [-0.2, -0.15) is 0 Å². The van der Waals surface area contributed by atoms with Crippen LogP contribution in [0.25, 0.3) is 0 Å². The van der Waals surface area contributed by atoms with Gasteiger partial charge in [-0.15, -0.1) is 0 Å². The van der Waals surface area contributed by atoms with E-state index in [1.54, 1.807) is 24.3 Å². The van der Waals surface area contributed by atoms with Crippen LogP contribution in [-0.4, -0.2) is 74.7 Å². The zero-order valence-electron chi connectivity index (χ0n) is 31.6. The minimum absolute atomic E-state index is 0.165. The number of esters is 2. The van der Waals surface area contributed by atoms with Crippen molar-refractivity contribution >= 4 is 19.8 Å². The summed E-state index contributed by atoms with van der Waals surface area (Å²) in [5.74, 6) is -1.81. The van der Waals surface area contributed by atoms with Crippen LogP contribution in [0.1, 0.15) is 162 Å². The molecule has 0 aromatic heterocycles. The minimum Gasteiger partial charge on any atom is -0.462 e. The van der Waals surface area contributed by atoms with Crippen molar-refractivity contribution in [3.8, 4) is 0 Å². The number of aliphatic hydroxyl groups is 3. The molecule has 0 spiro atoms. The highest BCUT2D eigenvalue weighted by Gasteiger charge is 2.39. The van der Waals surface area contributed by atoms with Gasteiger partial charge < -0.3 is 34.6 Å². The molecular weight excluding hydrogens is 675 g/mol. The quantitative estimate of drug-likeness (QED) is 0.0195. The lowest BCUT2D eigenvalue weighted by Gasteiger charge is -2.20. The van der Waals surface area contributed by atoms with Crippen LogP contribution in [0.15, 0.2) is 24.3 Å². The van der Waals surface area contributed by atoms with Gasteiger partial charge in [-0.3, -0.25) is 14.1 Å². The van der Waals surface area contributed by atoms with E-state index in [0.717, 1.165) is 38.5 Å². The van der Waals surface area contributed by atoms with Crippen LogP contribution in [0.5, 0.6) is 0 Å². The van der Waals surface area contributed by atoms with Crippen molar-refractivity contribution in [3.63, 3.8) is 0 Å². The molecule has 5 N–H and O–H groups in total. The first-order valence-corrected chi connectivity index (χ1v) is 21.4. The van der Waals surface area contributed by atoms with E-state index in [1.807, 2.05) is 0 Å². The maximum Gasteiger partial charge on any atom is 0.469 e. The summed E-state index contributed by atoms with van der Waals surface area (Å²) in [7, 11) is -4.84. The van der Waals surface area contributed by atoms with E-state index >= 15 is 0 Å². The summed E-state index contributed by atoms with van der Waals surface area (Å²) < 4.78 is 26.3. The number of rotatable bonds is 32. The first-order chi connectivity index (χ1) is 24.5.